The highest BCUT2D eigenvalue weighted by atomic mass is 14.4. The summed E-state index contributed by atoms with van der Waals surface area (Å²) in [5.74, 6) is 4.24. The van der Waals surface area contributed by atoms with Crippen molar-refractivity contribution in [1.82, 2.24) is 0 Å². The molecule has 4 unspecified atom stereocenters. The lowest BCUT2D eigenvalue weighted by atomic mass is 9.64. The fourth-order valence-electron chi connectivity index (χ4n) is 4.63. The quantitative estimate of drug-likeness (QED) is 0.539. The van der Waals surface area contributed by atoms with Crippen molar-refractivity contribution in [2.24, 2.45) is 23.7 Å². The van der Waals surface area contributed by atoms with Crippen LogP contribution in [-0.4, -0.2) is 0 Å². The Labute approximate surface area is 109 Å². The second-order valence-electron chi connectivity index (χ2n) is 6.87. The second-order valence-corrected chi connectivity index (χ2v) is 6.87. The summed E-state index contributed by atoms with van der Waals surface area (Å²) in [6.45, 7) is 4.93. The molecule has 0 heterocycles. The van der Waals surface area contributed by atoms with E-state index < -0.39 is 0 Å². The topological polar surface area (TPSA) is 0 Å². The molecule has 0 N–H and O–H groups in total. The molecule has 0 saturated heterocycles. The second kappa shape index (κ2) is 6.81. The van der Waals surface area contributed by atoms with E-state index in [9.17, 15) is 0 Å². The van der Waals surface area contributed by atoms with Crippen LogP contribution in [0.2, 0.25) is 0 Å². The average Bonchev–Trinajstić information content (AvgIpc) is 2.34. The van der Waals surface area contributed by atoms with E-state index in [1.54, 1.807) is 19.3 Å². The molecule has 0 spiro atoms. The van der Waals surface area contributed by atoms with Crippen LogP contribution >= 0.6 is 0 Å². The highest BCUT2D eigenvalue weighted by Crippen LogP contribution is 2.44. The third-order valence-electron chi connectivity index (χ3n) is 5.51. The SMILES string of the molecule is CCC1CC(C)CC2CCCCCCCCC12. The predicted molar refractivity (Wildman–Crippen MR) is 76.1 cm³/mol. The van der Waals surface area contributed by atoms with E-state index in [0.717, 1.165) is 23.7 Å². The third kappa shape index (κ3) is 3.73. The molecule has 2 aliphatic carbocycles. The van der Waals surface area contributed by atoms with Crippen LogP contribution in [-0.2, 0) is 0 Å². The summed E-state index contributed by atoms with van der Waals surface area (Å²) in [7, 11) is 0. The van der Waals surface area contributed by atoms with Crippen LogP contribution in [0.25, 0.3) is 0 Å². The lowest BCUT2D eigenvalue weighted by Gasteiger charge is -2.42. The summed E-state index contributed by atoms with van der Waals surface area (Å²) in [5, 5.41) is 0. The van der Waals surface area contributed by atoms with Crippen LogP contribution in [0.1, 0.15) is 84.5 Å². The van der Waals surface area contributed by atoms with Gasteiger partial charge in [0.1, 0.15) is 0 Å². The smallest absolute Gasteiger partial charge is 0.0357 e. The molecule has 0 radical (unpaired) electrons. The first-order valence-corrected chi connectivity index (χ1v) is 8.31. The number of hydrogen-bond donors (Lipinski definition) is 0. The number of fused-ring (bicyclic) bond motifs is 1. The van der Waals surface area contributed by atoms with Crippen molar-refractivity contribution in [2.45, 2.75) is 84.5 Å². The van der Waals surface area contributed by atoms with Gasteiger partial charge in [-0.25, -0.2) is 0 Å². The van der Waals surface area contributed by atoms with Crippen LogP contribution in [0.3, 0.4) is 0 Å². The summed E-state index contributed by atoms with van der Waals surface area (Å²) in [6, 6.07) is 0. The Balaban J connectivity index is 1.99. The van der Waals surface area contributed by atoms with E-state index in [2.05, 4.69) is 13.8 Å². The van der Waals surface area contributed by atoms with Crippen LogP contribution in [0, 0.1) is 23.7 Å². The first kappa shape index (κ1) is 13.4. The fraction of sp³-hybridized carbons (Fsp3) is 1.00. The summed E-state index contributed by atoms with van der Waals surface area (Å²) in [5.41, 5.74) is 0. The van der Waals surface area contributed by atoms with Gasteiger partial charge in [0.15, 0.2) is 0 Å². The van der Waals surface area contributed by atoms with Gasteiger partial charge in [0, 0.05) is 0 Å². The minimum atomic E-state index is 1.00. The van der Waals surface area contributed by atoms with Gasteiger partial charge in [-0.05, 0) is 42.9 Å². The number of rotatable bonds is 1. The zero-order valence-electron chi connectivity index (χ0n) is 12.1. The van der Waals surface area contributed by atoms with E-state index >= 15 is 0 Å². The molecule has 17 heavy (non-hydrogen) atoms. The summed E-state index contributed by atoms with van der Waals surface area (Å²) in [6.07, 6.45) is 16.7. The predicted octanol–water partition coefficient (Wildman–Crippen LogP) is 5.81. The first-order valence-electron chi connectivity index (χ1n) is 8.31. The molecule has 0 nitrogen and oxygen atoms in total. The van der Waals surface area contributed by atoms with Gasteiger partial charge in [0.2, 0.25) is 0 Å². The highest BCUT2D eigenvalue weighted by molar-refractivity contribution is 4.84. The monoisotopic (exact) mass is 236 g/mol. The molecule has 0 aliphatic heterocycles. The Morgan fingerprint density at radius 1 is 0.824 bits per heavy atom. The Morgan fingerprint density at radius 3 is 2.18 bits per heavy atom. The molecule has 0 aromatic rings. The molecule has 100 valence electrons. The third-order valence-corrected chi connectivity index (χ3v) is 5.51. The Hall–Kier alpha value is 0. The van der Waals surface area contributed by atoms with Gasteiger partial charge in [0.05, 0.1) is 0 Å². The highest BCUT2D eigenvalue weighted by Gasteiger charge is 2.34. The average molecular weight is 236 g/mol. The fourth-order valence-corrected chi connectivity index (χ4v) is 4.63. The maximum absolute atomic E-state index is 2.50. The summed E-state index contributed by atoms with van der Waals surface area (Å²) in [4.78, 5) is 0. The summed E-state index contributed by atoms with van der Waals surface area (Å²) >= 11 is 0. The van der Waals surface area contributed by atoms with Crippen molar-refractivity contribution in [3.63, 3.8) is 0 Å². The van der Waals surface area contributed by atoms with Gasteiger partial charge in [-0.2, -0.15) is 0 Å². The van der Waals surface area contributed by atoms with Gasteiger partial charge in [0.25, 0.3) is 0 Å². The minimum absolute atomic E-state index is 1.00. The first-order chi connectivity index (χ1) is 8.31. The molecule has 0 amide bonds. The molecule has 0 aromatic heterocycles. The minimum Gasteiger partial charge on any atom is -0.0651 e. The normalized spacial score (nSPS) is 40.6. The van der Waals surface area contributed by atoms with E-state index in [4.69, 9.17) is 0 Å². The van der Waals surface area contributed by atoms with Crippen molar-refractivity contribution in [3.8, 4) is 0 Å². The van der Waals surface area contributed by atoms with Gasteiger partial charge >= 0.3 is 0 Å². The van der Waals surface area contributed by atoms with Gasteiger partial charge in [-0.3, -0.25) is 0 Å². The van der Waals surface area contributed by atoms with Gasteiger partial charge in [-0.1, -0.05) is 65.2 Å². The summed E-state index contributed by atoms with van der Waals surface area (Å²) < 4.78 is 0. The molecule has 2 fully saturated rings. The molecule has 2 aliphatic rings. The Kier molecular flexibility index (Phi) is 5.38. The lowest BCUT2D eigenvalue weighted by molar-refractivity contribution is 0.0885. The molecule has 0 heteroatoms. The molecular formula is C17H32. The van der Waals surface area contributed by atoms with Crippen molar-refractivity contribution in [2.75, 3.05) is 0 Å². The lowest BCUT2D eigenvalue weighted by Crippen LogP contribution is -2.32. The van der Waals surface area contributed by atoms with E-state index in [-0.39, 0.29) is 0 Å². The van der Waals surface area contributed by atoms with Crippen LogP contribution in [0.15, 0.2) is 0 Å². The standard InChI is InChI=1S/C17H32/c1-3-15-12-14(2)13-16-10-8-6-4-5-7-9-11-17(15)16/h14-17H,3-13H2,1-2H3. The van der Waals surface area contributed by atoms with E-state index in [1.807, 2.05) is 0 Å². The Bertz CT molecular complexity index is 208. The molecule has 0 aromatic carbocycles. The van der Waals surface area contributed by atoms with Crippen molar-refractivity contribution < 1.29 is 0 Å². The molecular weight excluding hydrogens is 204 g/mol. The van der Waals surface area contributed by atoms with Gasteiger partial charge < -0.3 is 0 Å². The van der Waals surface area contributed by atoms with Gasteiger partial charge in [-0.15, -0.1) is 0 Å². The number of hydrogen-bond acceptors (Lipinski definition) is 0. The van der Waals surface area contributed by atoms with Crippen LogP contribution < -0.4 is 0 Å². The van der Waals surface area contributed by atoms with E-state index in [0.29, 0.717) is 0 Å². The van der Waals surface area contributed by atoms with Crippen molar-refractivity contribution >= 4 is 0 Å². The van der Waals surface area contributed by atoms with Crippen LogP contribution in [0.4, 0.5) is 0 Å². The molecule has 4 atom stereocenters. The van der Waals surface area contributed by atoms with Crippen molar-refractivity contribution in [3.05, 3.63) is 0 Å². The molecule has 0 bridgehead atoms. The largest absolute Gasteiger partial charge is 0.0651 e. The van der Waals surface area contributed by atoms with Crippen LogP contribution in [0.5, 0.6) is 0 Å². The zero-order valence-corrected chi connectivity index (χ0v) is 12.1. The maximum Gasteiger partial charge on any atom is -0.0357 e. The molecule has 2 rings (SSSR count). The van der Waals surface area contributed by atoms with Crippen molar-refractivity contribution in [1.29, 1.82) is 0 Å². The Morgan fingerprint density at radius 2 is 1.47 bits per heavy atom. The zero-order chi connectivity index (χ0) is 12.1. The van der Waals surface area contributed by atoms with E-state index in [1.165, 1.54) is 51.4 Å². The maximum atomic E-state index is 2.50. The molecule has 2 saturated carbocycles.